The maximum Gasteiger partial charge on any atom is 0.237 e. The molecule has 0 bridgehead atoms. The van der Waals surface area contributed by atoms with Crippen molar-refractivity contribution in [3.05, 3.63) is 29.8 Å². The molecule has 3 heteroatoms. The van der Waals surface area contributed by atoms with Gasteiger partial charge in [-0.2, -0.15) is 0 Å². The van der Waals surface area contributed by atoms with Crippen LogP contribution in [0.4, 0.5) is 5.69 Å². The van der Waals surface area contributed by atoms with Gasteiger partial charge in [0.15, 0.2) is 0 Å². The number of amides is 1. The highest BCUT2D eigenvalue weighted by Gasteiger charge is 2.43. The van der Waals surface area contributed by atoms with E-state index in [1.54, 1.807) is 0 Å². The van der Waals surface area contributed by atoms with Crippen LogP contribution in [-0.2, 0) is 10.2 Å². The average Bonchev–Trinajstić information content (AvgIpc) is 2.51. The fourth-order valence-corrected chi connectivity index (χ4v) is 2.35. The topological polar surface area (TPSA) is 32.3 Å². The minimum Gasteiger partial charge on any atom is -0.315 e. The standard InChI is InChI=1S/C14H20N2O/c1-10(15-4)9-16-12-8-6-5-7-11(12)14(2,3)13(16)17/h5-8,10,15H,9H2,1-4H3. The molecule has 0 aliphatic carbocycles. The number of carbonyl (C=O) groups excluding carboxylic acids is 1. The van der Waals surface area contributed by atoms with Crippen LogP contribution < -0.4 is 10.2 Å². The van der Waals surface area contributed by atoms with Gasteiger partial charge in [-0.3, -0.25) is 4.79 Å². The second-order valence-corrected chi connectivity index (χ2v) is 5.25. The summed E-state index contributed by atoms with van der Waals surface area (Å²) >= 11 is 0. The monoisotopic (exact) mass is 232 g/mol. The predicted octanol–water partition coefficient (Wildman–Crippen LogP) is 1.92. The fourth-order valence-electron chi connectivity index (χ4n) is 2.35. The molecule has 0 spiro atoms. The SMILES string of the molecule is CNC(C)CN1C(=O)C(C)(C)c2ccccc21. The Balaban J connectivity index is 2.39. The van der Waals surface area contributed by atoms with Crippen LogP contribution in [0.1, 0.15) is 26.3 Å². The molecule has 1 aliphatic heterocycles. The number of likely N-dealkylation sites (N-methyl/N-ethyl adjacent to an activating group) is 1. The third-order valence-corrected chi connectivity index (χ3v) is 3.60. The molecule has 1 N–H and O–H groups in total. The number of carbonyl (C=O) groups is 1. The molecule has 2 rings (SSSR count). The van der Waals surface area contributed by atoms with Crippen LogP contribution >= 0.6 is 0 Å². The van der Waals surface area contributed by atoms with E-state index in [9.17, 15) is 4.79 Å². The van der Waals surface area contributed by atoms with Gasteiger partial charge < -0.3 is 10.2 Å². The summed E-state index contributed by atoms with van der Waals surface area (Å²) < 4.78 is 0. The lowest BCUT2D eigenvalue weighted by Gasteiger charge is -2.23. The summed E-state index contributed by atoms with van der Waals surface area (Å²) in [4.78, 5) is 14.3. The molecular weight excluding hydrogens is 212 g/mol. The Kier molecular flexibility index (Phi) is 2.96. The molecule has 1 aliphatic rings. The zero-order valence-corrected chi connectivity index (χ0v) is 10.9. The number of rotatable bonds is 3. The van der Waals surface area contributed by atoms with Gasteiger partial charge in [0.1, 0.15) is 0 Å². The van der Waals surface area contributed by atoms with Crippen LogP contribution in [0.2, 0.25) is 0 Å². The Bertz CT molecular complexity index is 440. The van der Waals surface area contributed by atoms with Crippen molar-refractivity contribution in [2.24, 2.45) is 0 Å². The summed E-state index contributed by atoms with van der Waals surface area (Å²) in [5.74, 6) is 0.195. The number of anilines is 1. The van der Waals surface area contributed by atoms with Crippen molar-refractivity contribution >= 4 is 11.6 Å². The molecule has 0 fully saturated rings. The molecule has 0 radical (unpaired) electrons. The molecule has 17 heavy (non-hydrogen) atoms. The molecule has 92 valence electrons. The molecule has 0 aromatic heterocycles. The molecule has 0 saturated carbocycles. The van der Waals surface area contributed by atoms with E-state index in [4.69, 9.17) is 0 Å². The van der Waals surface area contributed by atoms with Gasteiger partial charge in [0.25, 0.3) is 0 Å². The summed E-state index contributed by atoms with van der Waals surface area (Å²) in [6, 6.07) is 8.37. The van der Waals surface area contributed by atoms with Gasteiger partial charge in [0, 0.05) is 18.3 Å². The van der Waals surface area contributed by atoms with Crippen LogP contribution in [0.25, 0.3) is 0 Å². The van der Waals surface area contributed by atoms with Gasteiger partial charge in [-0.25, -0.2) is 0 Å². The first-order chi connectivity index (χ1) is 7.98. The number of para-hydroxylation sites is 1. The smallest absolute Gasteiger partial charge is 0.237 e. The highest BCUT2D eigenvalue weighted by Crippen LogP contribution is 2.41. The second kappa shape index (κ2) is 4.15. The molecule has 1 aromatic carbocycles. The first kappa shape index (κ1) is 12.1. The quantitative estimate of drug-likeness (QED) is 0.863. The van der Waals surface area contributed by atoms with Crippen LogP contribution in [0.15, 0.2) is 24.3 Å². The molecule has 3 nitrogen and oxygen atoms in total. The van der Waals surface area contributed by atoms with Crippen molar-refractivity contribution < 1.29 is 4.79 Å². The lowest BCUT2D eigenvalue weighted by molar-refractivity contribution is -0.122. The van der Waals surface area contributed by atoms with E-state index in [1.807, 2.05) is 44.0 Å². The van der Waals surface area contributed by atoms with Gasteiger partial charge >= 0.3 is 0 Å². The van der Waals surface area contributed by atoms with Crippen molar-refractivity contribution in [2.75, 3.05) is 18.5 Å². The number of hydrogen-bond acceptors (Lipinski definition) is 2. The second-order valence-electron chi connectivity index (χ2n) is 5.25. The lowest BCUT2D eigenvalue weighted by Crippen LogP contribution is -2.43. The molecular formula is C14H20N2O. The van der Waals surface area contributed by atoms with Crippen molar-refractivity contribution in [1.82, 2.24) is 5.32 Å². The fraction of sp³-hybridized carbons (Fsp3) is 0.500. The molecule has 0 saturated heterocycles. The van der Waals surface area contributed by atoms with Gasteiger partial charge in [-0.05, 0) is 39.4 Å². The van der Waals surface area contributed by atoms with Crippen LogP contribution in [-0.4, -0.2) is 25.5 Å². The highest BCUT2D eigenvalue weighted by molar-refractivity contribution is 6.07. The number of benzene rings is 1. The Morgan fingerprint density at radius 2 is 2.00 bits per heavy atom. The van der Waals surface area contributed by atoms with Crippen molar-refractivity contribution in [3.63, 3.8) is 0 Å². The Morgan fingerprint density at radius 1 is 1.35 bits per heavy atom. The van der Waals surface area contributed by atoms with E-state index in [0.29, 0.717) is 6.04 Å². The minimum absolute atomic E-state index is 0.195. The summed E-state index contributed by atoms with van der Waals surface area (Å²) in [5.41, 5.74) is 1.79. The summed E-state index contributed by atoms with van der Waals surface area (Å²) in [6.07, 6.45) is 0. The van der Waals surface area contributed by atoms with Crippen LogP contribution in [0.3, 0.4) is 0 Å². The zero-order chi connectivity index (χ0) is 12.6. The maximum absolute atomic E-state index is 12.4. The third kappa shape index (κ3) is 1.84. The maximum atomic E-state index is 12.4. The molecule has 1 aromatic rings. The normalized spacial score (nSPS) is 19.3. The van der Waals surface area contributed by atoms with Crippen molar-refractivity contribution in [2.45, 2.75) is 32.2 Å². The first-order valence-corrected chi connectivity index (χ1v) is 6.07. The van der Waals surface area contributed by atoms with Gasteiger partial charge in [0.2, 0.25) is 5.91 Å². The predicted molar refractivity (Wildman–Crippen MR) is 70.3 cm³/mol. The first-order valence-electron chi connectivity index (χ1n) is 6.07. The largest absolute Gasteiger partial charge is 0.315 e. The Morgan fingerprint density at radius 3 is 2.65 bits per heavy atom. The van der Waals surface area contributed by atoms with E-state index < -0.39 is 5.41 Å². The molecule has 1 amide bonds. The highest BCUT2D eigenvalue weighted by atomic mass is 16.2. The summed E-state index contributed by atoms with van der Waals surface area (Å²) in [6.45, 7) is 6.80. The van der Waals surface area contributed by atoms with E-state index in [1.165, 1.54) is 0 Å². The van der Waals surface area contributed by atoms with E-state index in [-0.39, 0.29) is 5.91 Å². The Hall–Kier alpha value is -1.35. The van der Waals surface area contributed by atoms with Crippen molar-refractivity contribution in [1.29, 1.82) is 0 Å². The third-order valence-electron chi connectivity index (χ3n) is 3.60. The van der Waals surface area contributed by atoms with E-state index >= 15 is 0 Å². The number of nitrogens with one attached hydrogen (secondary N) is 1. The number of hydrogen-bond donors (Lipinski definition) is 1. The van der Waals surface area contributed by atoms with E-state index in [0.717, 1.165) is 17.8 Å². The van der Waals surface area contributed by atoms with Gasteiger partial charge in [-0.15, -0.1) is 0 Å². The van der Waals surface area contributed by atoms with Gasteiger partial charge in [0.05, 0.1) is 5.41 Å². The lowest BCUT2D eigenvalue weighted by atomic mass is 9.86. The van der Waals surface area contributed by atoms with Gasteiger partial charge in [-0.1, -0.05) is 18.2 Å². The molecule has 1 atom stereocenters. The van der Waals surface area contributed by atoms with E-state index in [2.05, 4.69) is 18.3 Å². The summed E-state index contributed by atoms with van der Waals surface area (Å²) in [5, 5.41) is 3.18. The Labute approximate surface area is 103 Å². The summed E-state index contributed by atoms with van der Waals surface area (Å²) in [7, 11) is 1.92. The average molecular weight is 232 g/mol. The number of fused-ring (bicyclic) bond motifs is 1. The minimum atomic E-state index is -0.399. The van der Waals surface area contributed by atoms with Crippen LogP contribution in [0, 0.1) is 0 Å². The molecule has 1 unspecified atom stereocenters. The van der Waals surface area contributed by atoms with Crippen LogP contribution in [0.5, 0.6) is 0 Å². The van der Waals surface area contributed by atoms with Crippen molar-refractivity contribution in [3.8, 4) is 0 Å². The number of nitrogens with zero attached hydrogens (tertiary/aromatic N) is 1. The zero-order valence-electron chi connectivity index (χ0n) is 10.9. The molecule has 1 heterocycles.